The number of aromatic nitrogens is 1. The van der Waals surface area contributed by atoms with Crippen molar-refractivity contribution >= 4 is 34.3 Å². The predicted octanol–water partition coefficient (Wildman–Crippen LogP) is 0.00130. The highest BCUT2D eigenvalue weighted by molar-refractivity contribution is 7.89. The topological polar surface area (TPSA) is 104 Å². The molecule has 3 N–H and O–H groups in total. The number of hydrogen-bond donors (Lipinski definition) is 3. The van der Waals surface area contributed by atoms with Gasteiger partial charge >= 0.3 is 7.05 Å². The van der Waals surface area contributed by atoms with Crippen molar-refractivity contribution in [2.75, 3.05) is 12.8 Å². The molecule has 1 saturated carbocycles. The summed E-state index contributed by atoms with van der Waals surface area (Å²) in [5.41, 5.74) is 4.87. The van der Waals surface area contributed by atoms with Gasteiger partial charge in [0.1, 0.15) is 0 Å². The molecule has 0 radical (unpaired) electrons. The van der Waals surface area contributed by atoms with Crippen LogP contribution in [0.3, 0.4) is 0 Å². The summed E-state index contributed by atoms with van der Waals surface area (Å²) in [6.45, 7) is 0. The van der Waals surface area contributed by atoms with Gasteiger partial charge in [0.2, 0.25) is 10.0 Å². The van der Waals surface area contributed by atoms with Gasteiger partial charge in [0.25, 0.3) is 0 Å². The van der Waals surface area contributed by atoms with Crippen molar-refractivity contribution < 1.29 is 13.4 Å². The minimum absolute atomic E-state index is 0.189. The monoisotopic (exact) mass is 374 g/mol. The summed E-state index contributed by atoms with van der Waals surface area (Å²) in [7, 11) is -2.54. The Hall–Kier alpha value is -1.71. The van der Waals surface area contributed by atoms with E-state index in [1.165, 1.54) is 7.05 Å². The standard InChI is InChI=1S/C17H23BN4O3S/c1-19-26(24,25)10-11-5-7-12(8-6-11)17-16-13-3-2-4-15(13)20-9-14(16)18(23)22-21-17/h2-3,9,11-12,19,22-23H,4-8,10H2,1H3. The van der Waals surface area contributed by atoms with Gasteiger partial charge in [-0.3, -0.25) is 4.98 Å². The third-order valence-electron chi connectivity index (χ3n) is 5.68. The van der Waals surface area contributed by atoms with Crippen LogP contribution in [0, 0.1) is 11.8 Å². The molecule has 138 valence electrons. The molecule has 0 saturated heterocycles. The van der Waals surface area contributed by atoms with E-state index >= 15 is 0 Å². The minimum Gasteiger partial charge on any atom is -0.428 e. The minimum atomic E-state index is -3.17. The van der Waals surface area contributed by atoms with Crippen molar-refractivity contribution in [3.63, 3.8) is 0 Å². The summed E-state index contributed by atoms with van der Waals surface area (Å²) in [6, 6.07) is 0. The molecule has 1 aromatic heterocycles. The summed E-state index contributed by atoms with van der Waals surface area (Å²) >= 11 is 0. The fourth-order valence-corrected chi connectivity index (χ4v) is 5.37. The van der Waals surface area contributed by atoms with Gasteiger partial charge in [-0.25, -0.2) is 13.1 Å². The van der Waals surface area contributed by atoms with Crippen molar-refractivity contribution in [1.29, 1.82) is 0 Å². The number of nitrogens with zero attached hydrogens (tertiary/aromatic N) is 2. The fraction of sp³-hybridized carbons (Fsp3) is 0.529. The van der Waals surface area contributed by atoms with Gasteiger partial charge in [-0.05, 0) is 38.6 Å². The van der Waals surface area contributed by atoms with E-state index in [0.29, 0.717) is 0 Å². The van der Waals surface area contributed by atoms with Gasteiger partial charge in [-0.15, -0.1) is 0 Å². The maximum atomic E-state index is 11.8. The molecule has 2 aliphatic carbocycles. The van der Waals surface area contributed by atoms with Gasteiger partial charge in [-0.1, -0.05) is 12.2 Å². The molecule has 3 aliphatic rings. The van der Waals surface area contributed by atoms with Crippen molar-refractivity contribution in [3.05, 3.63) is 29.1 Å². The second-order valence-corrected chi connectivity index (χ2v) is 9.26. The lowest BCUT2D eigenvalue weighted by Gasteiger charge is -2.32. The SMILES string of the molecule is CNS(=O)(=O)CC1CCC(C2=NNB(O)c3cnc4c(c32)C=CC4)CC1. The van der Waals surface area contributed by atoms with Crippen molar-refractivity contribution in [2.45, 2.75) is 32.1 Å². The van der Waals surface area contributed by atoms with Gasteiger partial charge in [-0.2, -0.15) is 5.10 Å². The maximum absolute atomic E-state index is 11.8. The molecule has 0 amide bonds. The molecular weight excluding hydrogens is 351 g/mol. The van der Waals surface area contributed by atoms with Crippen LogP contribution in [-0.4, -0.2) is 44.0 Å². The lowest BCUT2D eigenvalue weighted by Crippen LogP contribution is -2.51. The van der Waals surface area contributed by atoms with Gasteiger partial charge in [0.15, 0.2) is 0 Å². The average Bonchev–Trinajstić information content (AvgIpc) is 3.12. The van der Waals surface area contributed by atoms with Crippen LogP contribution in [0.15, 0.2) is 17.4 Å². The highest BCUT2D eigenvalue weighted by Gasteiger charge is 2.35. The quantitative estimate of drug-likeness (QED) is 0.644. The number of rotatable bonds is 4. The molecule has 4 rings (SSSR count). The summed E-state index contributed by atoms with van der Waals surface area (Å²) in [5.74, 6) is 0.648. The van der Waals surface area contributed by atoms with E-state index < -0.39 is 17.1 Å². The first-order valence-corrected chi connectivity index (χ1v) is 10.7. The first-order valence-electron chi connectivity index (χ1n) is 9.09. The Morgan fingerprint density at radius 1 is 1.35 bits per heavy atom. The molecule has 2 heterocycles. The Labute approximate surface area is 154 Å². The molecule has 7 nitrogen and oxygen atoms in total. The van der Waals surface area contributed by atoms with Crippen molar-refractivity contribution in [1.82, 2.24) is 15.0 Å². The summed E-state index contributed by atoms with van der Waals surface area (Å²) < 4.78 is 26.0. The second-order valence-electron chi connectivity index (χ2n) is 7.29. The molecule has 26 heavy (non-hydrogen) atoms. The number of fused-ring (bicyclic) bond motifs is 3. The number of nitrogens with one attached hydrogen (secondary N) is 2. The zero-order chi connectivity index (χ0) is 18.3. The Kier molecular flexibility index (Phi) is 4.62. The molecule has 0 bridgehead atoms. The van der Waals surface area contributed by atoms with E-state index in [4.69, 9.17) is 0 Å². The summed E-state index contributed by atoms with van der Waals surface area (Å²) in [4.78, 5) is 4.47. The highest BCUT2D eigenvalue weighted by atomic mass is 32.2. The van der Waals surface area contributed by atoms with Crippen LogP contribution < -0.4 is 15.5 Å². The van der Waals surface area contributed by atoms with E-state index in [0.717, 1.165) is 60.1 Å². The first kappa shape index (κ1) is 17.7. The van der Waals surface area contributed by atoms with Crippen LogP contribution >= 0.6 is 0 Å². The van der Waals surface area contributed by atoms with E-state index in [-0.39, 0.29) is 17.6 Å². The molecule has 0 aromatic carbocycles. The zero-order valence-electron chi connectivity index (χ0n) is 14.8. The van der Waals surface area contributed by atoms with Crippen LogP contribution in [0.1, 0.15) is 42.5 Å². The Bertz CT molecular complexity index is 876. The summed E-state index contributed by atoms with van der Waals surface area (Å²) in [5, 5.41) is 17.6. The van der Waals surface area contributed by atoms with Crippen LogP contribution in [0.4, 0.5) is 0 Å². The van der Waals surface area contributed by atoms with Crippen LogP contribution in [0.2, 0.25) is 0 Å². The van der Waals surface area contributed by atoms with Crippen LogP contribution in [0.5, 0.6) is 0 Å². The maximum Gasteiger partial charge on any atom is 0.465 e. The molecule has 1 fully saturated rings. The molecule has 0 spiro atoms. The number of hydrazone groups is 1. The number of hydrogen-bond acceptors (Lipinski definition) is 6. The molecule has 0 unspecified atom stereocenters. The van der Waals surface area contributed by atoms with Gasteiger partial charge in [0, 0.05) is 35.1 Å². The molecule has 0 atom stereocenters. The third kappa shape index (κ3) is 3.19. The molecule has 9 heteroatoms. The zero-order valence-corrected chi connectivity index (χ0v) is 15.6. The van der Waals surface area contributed by atoms with Crippen molar-refractivity contribution in [2.24, 2.45) is 16.9 Å². The van der Waals surface area contributed by atoms with E-state index in [1.807, 2.05) is 0 Å². The number of allylic oxidation sites excluding steroid dienone is 1. The molecular formula is C17H23BN4O3S. The van der Waals surface area contributed by atoms with E-state index in [1.54, 1.807) is 6.20 Å². The lowest BCUT2D eigenvalue weighted by molar-refractivity contribution is 0.343. The third-order valence-corrected chi connectivity index (χ3v) is 7.21. The smallest absolute Gasteiger partial charge is 0.428 e. The fourth-order valence-electron chi connectivity index (χ4n) is 4.25. The van der Waals surface area contributed by atoms with Crippen molar-refractivity contribution in [3.8, 4) is 0 Å². The predicted molar refractivity (Wildman–Crippen MR) is 103 cm³/mol. The largest absolute Gasteiger partial charge is 0.465 e. The Balaban J connectivity index is 1.56. The van der Waals surface area contributed by atoms with Crippen LogP contribution in [0.25, 0.3) is 6.08 Å². The number of pyridine rings is 1. The normalized spacial score (nSPS) is 24.7. The van der Waals surface area contributed by atoms with Gasteiger partial charge in [0.05, 0.1) is 17.2 Å². The van der Waals surface area contributed by atoms with Crippen LogP contribution in [-0.2, 0) is 16.4 Å². The van der Waals surface area contributed by atoms with E-state index in [2.05, 4.69) is 32.3 Å². The lowest BCUT2D eigenvalue weighted by atomic mass is 9.67. The first-order chi connectivity index (χ1) is 12.5. The second kappa shape index (κ2) is 6.79. The number of sulfonamides is 1. The summed E-state index contributed by atoms with van der Waals surface area (Å²) in [6.07, 6.45) is 10.3. The highest BCUT2D eigenvalue weighted by Crippen LogP contribution is 2.34. The molecule has 1 aromatic rings. The Morgan fingerprint density at radius 2 is 2.12 bits per heavy atom. The molecule has 1 aliphatic heterocycles. The van der Waals surface area contributed by atoms with E-state index in [9.17, 15) is 13.4 Å². The Morgan fingerprint density at radius 3 is 2.85 bits per heavy atom. The van der Waals surface area contributed by atoms with Gasteiger partial charge < -0.3 is 10.4 Å². The average molecular weight is 374 g/mol.